The van der Waals surface area contributed by atoms with Gasteiger partial charge < -0.3 is 15.0 Å². The standard InChI is InChI=1S/C22H30N2O3/c1-14(23-15(2)25)21(26)27-17-8-7-16-12-20-18-6-4-5-9-22(18,19(16)13-17)10-11-24(20)3/h7-8,13-14,18,20H,4-6,9-12H2,1-3H3,(H,23,25)/t14-,18-,20+,22+/m1/s1. The number of hydrogen-bond donors (Lipinski definition) is 1. The van der Waals surface area contributed by atoms with E-state index in [2.05, 4.69) is 29.4 Å². The molecule has 1 amide bonds. The van der Waals surface area contributed by atoms with Crippen LogP contribution in [0.2, 0.25) is 0 Å². The van der Waals surface area contributed by atoms with Crippen LogP contribution in [0.4, 0.5) is 0 Å². The van der Waals surface area contributed by atoms with Crippen molar-refractivity contribution in [3.05, 3.63) is 29.3 Å². The van der Waals surface area contributed by atoms with Gasteiger partial charge in [0.05, 0.1) is 0 Å². The highest BCUT2D eigenvalue weighted by Crippen LogP contribution is 2.55. The maximum atomic E-state index is 12.3. The van der Waals surface area contributed by atoms with Crippen molar-refractivity contribution in [1.82, 2.24) is 10.2 Å². The highest BCUT2D eigenvalue weighted by Gasteiger charge is 2.53. The van der Waals surface area contributed by atoms with Gasteiger partial charge in [0, 0.05) is 18.4 Å². The second-order valence-electron chi connectivity index (χ2n) is 8.67. The first kappa shape index (κ1) is 18.5. The Morgan fingerprint density at radius 2 is 2.11 bits per heavy atom. The van der Waals surface area contributed by atoms with E-state index < -0.39 is 12.0 Å². The molecular weight excluding hydrogens is 340 g/mol. The summed E-state index contributed by atoms with van der Waals surface area (Å²) in [7, 11) is 2.27. The quantitative estimate of drug-likeness (QED) is 0.657. The Hall–Kier alpha value is -1.88. The van der Waals surface area contributed by atoms with Crippen LogP contribution in [0.1, 0.15) is 57.1 Å². The van der Waals surface area contributed by atoms with Crippen LogP contribution in [0.3, 0.4) is 0 Å². The van der Waals surface area contributed by atoms with Gasteiger partial charge in [-0.2, -0.15) is 0 Å². The third-order valence-electron chi connectivity index (χ3n) is 7.08. The fraction of sp³-hybridized carbons (Fsp3) is 0.636. The van der Waals surface area contributed by atoms with Crippen molar-refractivity contribution in [1.29, 1.82) is 0 Å². The summed E-state index contributed by atoms with van der Waals surface area (Å²) in [5, 5.41) is 2.59. The van der Waals surface area contributed by atoms with Gasteiger partial charge in [0.25, 0.3) is 0 Å². The van der Waals surface area contributed by atoms with E-state index >= 15 is 0 Å². The second-order valence-corrected chi connectivity index (χ2v) is 8.67. The molecule has 146 valence electrons. The van der Waals surface area contributed by atoms with Gasteiger partial charge in [-0.3, -0.25) is 4.79 Å². The van der Waals surface area contributed by atoms with Crippen molar-refractivity contribution >= 4 is 11.9 Å². The molecule has 5 nitrogen and oxygen atoms in total. The number of hydrogen-bond acceptors (Lipinski definition) is 4. The molecule has 1 saturated carbocycles. The summed E-state index contributed by atoms with van der Waals surface area (Å²) >= 11 is 0. The maximum absolute atomic E-state index is 12.3. The fourth-order valence-corrected chi connectivity index (χ4v) is 5.81. The van der Waals surface area contributed by atoms with Crippen molar-refractivity contribution in [2.45, 2.75) is 69.9 Å². The number of nitrogens with zero attached hydrogens (tertiary/aromatic N) is 1. The van der Waals surface area contributed by atoms with Crippen LogP contribution >= 0.6 is 0 Å². The molecule has 1 saturated heterocycles. The van der Waals surface area contributed by atoms with Gasteiger partial charge in [-0.1, -0.05) is 18.9 Å². The third kappa shape index (κ3) is 3.16. The van der Waals surface area contributed by atoms with Crippen molar-refractivity contribution in [2.75, 3.05) is 13.6 Å². The Morgan fingerprint density at radius 3 is 2.89 bits per heavy atom. The molecule has 1 aromatic carbocycles. The van der Waals surface area contributed by atoms with Crippen LogP contribution in [0.15, 0.2) is 18.2 Å². The largest absolute Gasteiger partial charge is 0.425 e. The van der Waals surface area contributed by atoms with Gasteiger partial charge in [-0.15, -0.1) is 0 Å². The number of carbonyl (C=O) groups excluding carboxylic acids is 2. The number of nitrogens with one attached hydrogen (secondary N) is 1. The summed E-state index contributed by atoms with van der Waals surface area (Å²) in [6.45, 7) is 4.20. The lowest BCUT2D eigenvalue weighted by Crippen LogP contribution is -2.59. The molecule has 1 N–H and O–H groups in total. The predicted molar refractivity (Wildman–Crippen MR) is 104 cm³/mol. The minimum absolute atomic E-state index is 0.230. The molecule has 0 unspecified atom stereocenters. The topological polar surface area (TPSA) is 58.6 Å². The van der Waals surface area contributed by atoms with E-state index in [4.69, 9.17) is 4.74 Å². The lowest BCUT2D eigenvalue weighted by atomic mass is 9.52. The Kier molecular flexibility index (Phi) is 4.75. The number of ether oxygens (including phenoxy) is 1. The molecule has 3 aliphatic rings. The minimum atomic E-state index is -0.646. The molecule has 1 heterocycles. The van der Waals surface area contributed by atoms with E-state index in [1.165, 1.54) is 50.2 Å². The number of esters is 1. The van der Waals surface area contributed by atoms with Gasteiger partial charge in [0.15, 0.2) is 0 Å². The number of amides is 1. The van der Waals surface area contributed by atoms with Gasteiger partial charge in [-0.25, -0.2) is 4.79 Å². The number of likely N-dealkylation sites (tertiary alicyclic amines) is 1. The van der Waals surface area contributed by atoms with E-state index in [9.17, 15) is 9.59 Å². The number of carbonyl (C=O) groups is 2. The SMILES string of the molecule is CC(=O)N[C@H](C)C(=O)Oc1ccc2c(c1)[C@]13CCCC[C@@H]1[C@H](C2)N(C)CC3. The van der Waals surface area contributed by atoms with Crippen LogP contribution < -0.4 is 10.1 Å². The molecule has 4 rings (SSSR count). The van der Waals surface area contributed by atoms with Crippen molar-refractivity contribution in [3.8, 4) is 5.75 Å². The molecule has 1 aromatic rings. The predicted octanol–water partition coefficient (Wildman–Crippen LogP) is 2.80. The molecule has 5 heteroatoms. The lowest BCUT2D eigenvalue weighted by Gasteiger charge is -2.58. The molecule has 0 radical (unpaired) electrons. The van der Waals surface area contributed by atoms with E-state index in [1.54, 1.807) is 6.92 Å². The Balaban J connectivity index is 1.64. The Labute approximate surface area is 161 Å². The molecule has 27 heavy (non-hydrogen) atoms. The average Bonchev–Trinajstić information content (AvgIpc) is 2.64. The molecule has 1 aliphatic heterocycles. The highest BCUT2D eigenvalue weighted by atomic mass is 16.5. The maximum Gasteiger partial charge on any atom is 0.333 e. The van der Waals surface area contributed by atoms with Crippen LogP contribution in [0.25, 0.3) is 0 Å². The summed E-state index contributed by atoms with van der Waals surface area (Å²) in [5.74, 6) is 0.667. The molecule has 2 fully saturated rings. The number of rotatable bonds is 3. The van der Waals surface area contributed by atoms with Gasteiger partial charge in [0.1, 0.15) is 11.8 Å². The molecule has 2 aliphatic carbocycles. The van der Waals surface area contributed by atoms with Gasteiger partial charge >= 0.3 is 5.97 Å². The average molecular weight is 370 g/mol. The molecule has 2 bridgehead atoms. The van der Waals surface area contributed by atoms with E-state index in [0.717, 1.165) is 13.0 Å². The molecule has 4 atom stereocenters. The third-order valence-corrected chi connectivity index (χ3v) is 7.08. The summed E-state index contributed by atoms with van der Waals surface area (Å²) in [6, 6.07) is 6.17. The second kappa shape index (κ2) is 6.93. The van der Waals surface area contributed by atoms with Crippen LogP contribution in [0.5, 0.6) is 5.75 Å². The smallest absolute Gasteiger partial charge is 0.333 e. The normalized spacial score (nSPS) is 30.6. The lowest BCUT2D eigenvalue weighted by molar-refractivity contribution is -0.138. The molecule has 0 aromatic heterocycles. The van der Waals surface area contributed by atoms with Crippen LogP contribution in [0, 0.1) is 5.92 Å². The Bertz CT molecular complexity index is 762. The van der Waals surface area contributed by atoms with Gasteiger partial charge in [-0.05, 0) is 75.4 Å². The summed E-state index contributed by atoms with van der Waals surface area (Å²) in [6.07, 6.45) is 7.45. The summed E-state index contributed by atoms with van der Waals surface area (Å²) in [5.41, 5.74) is 3.07. The van der Waals surface area contributed by atoms with Crippen molar-refractivity contribution in [2.24, 2.45) is 5.92 Å². The summed E-state index contributed by atoms with van der Waals surface area (Å²) < 4.78 is 5.61. The van der Waals surface area contributed by atoms with Gasteiger partial charge in [0.2, 0.25) is 5.91 Å². The first-order chi connectivity index (χ1) is 12.9. The van der Waals surface area contributed by atoms with E-state index in [-0.39, 0.29) is 11.3 Å². The van der Waals surface area contributed by atoms with Crippen molar-refractivity contribution in [3.63, 3.8) is 0 Å². The fourth-order valence-electron chi connectivity index (χ4n) is 5.81. The molecular formula is C22H30N2O3. The van der Waals surface area contributed by atoms with E-state index in [0.29, 0.717) is 17.7 Å². The Morgan fingerprint density at radius 1 is 1.30 bits per heavy atom. The summed E-state index contributed by atoms with van der Waals surface area (Å²) in [4.78, 5) is 26.0. The monoisotopic (exact) mass is 370 g/mol. The number of piperidine rings is 1. The first-order valence-electron chi connectivity index (χ1n) is 10.2. The highest BCUT2D eigenvalue weighted by molar-refractivity contribution is 5.84. The molecule has 0 spiro atoms. The minimum Gasteiger partial charge on any atom is -0.425 e. The first-order valence-corrected chi connectivity index (χ1v) is 10.2. The zero-order chi connectivity index (χ0) is 19.2. The van der Waals surface area contributed by atoms with Crippen LogP contribution in [-0.4, -0.2) is 42.5 Å². The van der Waals surface area contributed by atoms with Crippen molar-refractivity contribution < 1.29 is 14.3 Å². The number of fused-ring (bicyclic) bond motifs is 1. The van der Waals surface area contributed by atoms with E-state index in [1.807, 2.05) is 6.07 Å². The number of benzene rings is 1. The van der Waals surface area contributed by atoms with Crippen LogP contribution in [-0.2, 0) is 21.4 Å². The zero-order valence-corrected chi connectivity index (χ0v) is 16.6. The number of likely N-dealkylation sites (N-methyl/N-ethyl adjacent to an activating group) is 1. The zero-order valence-electron chi connectivity index (χ0n) is 16.6.